The van der Waals surface area contributed by atoms with Gasteiger partial charge in [-0.25, -0.2) is 0 Å². The molecule has 0 bridgehead atoms. The lowest BCUT2D eigenvalue weighted by Gasteiger charge is -2.14. The Kier molecular flexibility index (Phi) is 5.23. The largest absolute Gasteiger partial charge is 0.378 e. The Morgan fingerprint density at radius 2 is 1.71 bits per heavy atom. The molecule has 1 unspecified atom stereocenters. The van der Waals surface area contributed by atoms with Gasteiger partial charge in [0.2, 0.25) is 5.91 Å². The number of nitrogens with zero attached hydrogens (tertiary/aromatic N) is 1. The molecule has 0 aliphatic heterocycles. The third-order valence-corrected chi connectivity index (χ3v) is 3.69. The van der Waals surface area contributed by atoms with E-state index in [1.807, 2.05) is 73.6 Å². The molecule has 0 aliphatic rings. The van der Waals surface area contributed by atoms with Gasteiger partial charge >= 0.3 is 0 Å². The van der Waals surface area contributed by atoms with Gasteiger partial charge in [0, 0.05) is 26.3 Å². The van der Waals surface area contributed by atoms with Crippen LogP contribution >= 0.6 is 11.6 Å². The van der Waals surface area contributed by atoms with Crippen LogP contribution in [0, 0.1) is 0 Å². The predicted octanol–water partition coefficient (Wildman–Crippen LogP) is 3.35. The second-order valence-corrected chi connectivity index (χ2v) is 5.49. The molecule has 0 spiro atoms. The van der Waals surface area contributed by atoms with Crippen molar-refractivity contribution in [1.29, 1.82) is 0 Å². The zero-order valence-corrected chi connectivity index (χ0v) is 13.0. The molecule has 4 heteroatoms. The molecule has 0 radical (unpaired) electrons. The number of alkyl halides is 1. The number of nitrogens with one attached hydrogen (secondary N) is 1. The fourth-order valence-electron chi connectivity index (χ4n) is 1.96. The highest BCUT2D eigenvalue weighted by molar-refractivity contribution is 6.30. The summed E-state index contributed by atoms with van der Waals surface area (Å²) in [7, 11) is 3.99. The normalized spacial score (nSPS) is 11.8. The zero-order chi connectivity index (χ0) is 15.2. The maximum atomic E-state index is 12.0. The number of hydrogen-bond acceptors (Lipinski definition) is 2. The molecule has 0 aliphatic carbocycles. The van der Waals surface area contributed by atoms with Gasteiger partial charge < -0.3 is 10.2 Å². The highest BCUT2D eigenvalue weighted by atomic mass is 35.5. The lowest BCUT2D eigenvalue weighted by atomic mass is 10.1. The molecule has 0 aromatic heterocycles. The zero-order valence-electron chi connectivity index (χ0n) is 12.2. The molecule has 0 saturated heterocycles. The molecule has 0 saturated carbocycles. The second kappa shape index (κ2) is 7.14. The maximum Gasteiger partial charge on any atom is 0.242 e. The second-order valence-electron chi connectivity index (χ2n) is 5.05. The van der Waals surface area contributed by atoms with Crippen molar-refractivity contribution in [3.05, 3.63) is 65.7 Å². The molecular weight excluding hydrogens is 284 g/mol. The first kappa shape index (κ1) is 15.4. The summed E-state index contributed by atoms with van der Waals surface area (Å²) in [4.78, 5) is 14.1. The highest BCUT2D eigenvalue weighted by Gasteiger charge is 2.16. The summed E-state index contributed by atoms with van der Waals surface area (Å²) in [6.07, 6.45) is 0. The summed E-state index contributed by atoms with van der Waals surface area (Å²) < 4.78 is 0. The summed E-state index contributed by atoms with van der Waals surface area (Å²) in [5.41, 5.74) is 2.98. The highest BCUT2D eigenvalue weighted by Crippen LogP contribution is 2.20. The van der Waals surface area contributed by atoms with Crippen LogP contribution in [0.15, 0.2) is 54.6 Å². The van der Waals surface area contributed by atoms with Crippen molar-refractivity contribution in [3.63, 3.8) is 0 Å². The van der Waals surface area contributed by atoms with Gasteiger partial charge in [0.15, 0.2) is 0 Å². The minimum absolute atomic E-state index is 0.181. The van der Waals surface area contributed by atoms with E-state index in [9.17, 15) is 4.79 Å². The van der Waals surface area contributed by atoms with E-state index >= 15 is 0 Å². The van der Waals surface area contributed by atoms with Gasteiger partial charge in [-0.2, -0.15) is 0 Å². The molecule has 2 aromatic rings. The third-order valence-electron chi connectivity index (χ3n) is 3.24. The maximum absolute atomic E-state index is 12.0. The van der Waals surface area contributed by atoms with Gasteiger partial charge in [-0.3, -0.25) is 4.79 Å². The Balaban J connectivity index is 1.92. The number of hydrogen-bond donors (Lipinski definition) is 1. The number of carbonyl (C=O) groups is 1. The van der Waals surface area contributed by atoms with E-state index in [1.165, 1.54) is 0 Å². The van der Waals surface area contributed by atoms with Crippen molar-refractivity contribution < 1.29 is 4.79 Å². The van der Waals surface area contributed by atoms with E-state index < -0.39 is 5.38 Å². The van der Waals surface area contributed by atoms with Crippen molar-refractivity contribution >= 4 is 23.2 Å². The average Bonchev–Trinajstić information content (AvgIpc) is 2.53. The molecular formula is C17H19ClN2O. The van der Waals surface area contributed by atoms with Crippen molar-refractivity contribution in [2.45, 2.75) is 11.9 Å². The molecule has 1 N–H and O–H groups in total. The molecule has 0 fully saturated rings. The van der Waals surface area contributed by atoms with Crippen LogP contribution in [-0.2, 0) is 11.3 Å². The van der Waals surface area contributed by atoms with Crippen LogP contribution in [0.3, 0.4) is 0 Å². The monoisotopic (exact) mass is 302 g/mol. The van der Waals surface area contributed by atoms with E-state index in [2.05, 4.69) is 5.32 Å². The van der Waals surface area contributed by atoms with Gasteiger partial charge in [0.1, 0.15) is 5.38 Å². The van der Waals surface area contributed by atoms with Gasteiger partial charge in [0.05, 0.1) is 0 Å². The minimum atomic E-state index is -0.660. The average molecular weight is 303 g/mol. The van der Waals surface area contributed by atoms with Crippen LogP contribution in [0.1, 0.15) is 16.5 Å². The molecule has 2 aromatic carbocycles. The van der Waals surface area contributed by atoms with Crippen LogP contribution in [0.25, 0.3) is 0 Å². The van der Waals surface area contributed by atoms with Gasteiger partial charge in [-0.05, 0) is 23.3 Å². The molecule has 1 amide bonds. The Labute approximate surface area is 130 Å². The topological polar surface area (TPSA) is 32.3 Å². The van der Waals surface area contributed by atoms with Crippen LogP contribution in [-0.4, -0.2) is 20.0 Å². The lowest BCUT2D eigenvalue weighted by molar-refractivity contribution is -0.121. The molecule has 110 valence electrons. The number of halogens is 1. The Morgan fingerprint density at radius 3 is 2.29 bits per heavy atom. The predicted molar refractivity (Wildman–Crippen MR) is 87.7 cm³/mol. The number of carbonyl (C=O) groups excluding carboxylic acids is 1. The molecule has 21 heavy (non-hydrogen) atoms. The van der Waals surface area contributed by atoms with E-state index in [-0.39, 0.29) is 5.91 Å². The summed E-state index contributed by atoms with van der Waals surface area (Å²) in [5.74, 6) is -0.181. The summed E-state index contributed by atoms with van der Waals surface area (Å²) in [6, 6.07) is 17.4. The smallest absolute Gasteiger partial charge is 0.242 e. The van der Waals surface area contributed by atoms with E-state index in [4.69, 9.17) is 11.6 Å². The molecule has 1 atom stereocenters. The van der Waals surface area contributed by atoms with E-state index in [1.54, 1.807) is 0 Å². The summed E-state index contributed by atoms with van der Waals surface area (Å²) >= 11 is 6.17. The quantitative estimate of drug-likeness (QED) is 0.859. The number of anilines is 1. The molecule has 3 nitrogen and oxygen atoms in total. The number of benzene rings is 2. The van der Waals surface area contributed by atoms with E-state index in [0.717, 1.165) is 16.8 Å². The van der Waals surface area contributed by atoms with Crippen molar-refractivity contribution in [2.24, 2.45) is 0 Å². The number of amides is 1. The van der Waals surface area contributed by atoms with Gasteiger partial charge in [-0.15, -0.1) is 11.6 Å². The lowest BCUT2D eigenvalue weighted by Crippen LogP contribution is -2.26. The van der Waals surface area contributed by atoms with E-state index in [0.29, 0.717) is 6.54 Å². The standard InChI is InChI=1S/C17H19ClN2O/c1-20(2)15-10-8-13(9-11-15)12-19-17(21)16(18)14-6-4-3-5-7-14/h3-11,16H,12H2,1-2H3,(H,19,21). The molecule has 0 heterocycles. The Bertz CT molecular complexity index is 581. The van der Waals surface area contributed by atoms with Crippen LogP contribution in [0.2, 0.25) is 0 Å². The van der Waals surface area contributed by atoms with Gasteiger partial charge in [0.25, 0.3) is 0 Å². The third kappa shape index (κ3) is 4.23. The van der Waals surface area contributed by atoms with Crippen molar-refractivity contribution in [3.8, 4) is 0 Å². The SMILES string of the molecule is CN(C)c1ccc(CNC(=O)C(Cl)c2ccccc2)cc1. The Morgan fingerprint density at radius 1 is 1.10 bits per heavy atom. The Hall–Kier alpha value is -2.00. The van der Waals surface area contributed by atoms with Crippen molar-refractivity contribution in [1.82, 2.24) is 5.32 Å². The van der Waals surface area contributed by atoms with Crippen LogP contribution in [0.5, 0.6) is 0 Å². The first-order valence-corrected chi connectivity index (χ1v) is 7.24. The fourth-order valence-corrected chi connectivity index (χ4v) is 2.19. The summed E-state index contributed by atoms with van der Waals surface area (Å²) in [5, 5.41) is 2.20. The minimum Gasteiger partial charge on any atom is -0.378 e. The first-order valence-electron chi connectivity index (χ1n) is 6.81. The summed E-state index contributed by atoms with van der Waals surface area (Å²) in [6.45, 7) is 0.475. The van der Waals surface area contributed by atoms with Crippen LogP contribution < -0.4 is 10.2 Å². The van der Waals surface area contributed by atoms with Crippen molar-refractivity contribution in [2.75, 3.05) is 19.0 Å². The first-order chi connectivity index (χ1) is 10.1. The van der Waals surface area contributed by atoms with Crippen LogP contribution in [0.4, 0.5) is 5.69 Å². The molecule has 2 rings (SSSR count). The van der Waals surface area contributed by atoms with Gasteiger partial charge in [-0.1, -0.05) is 42.5 Å². The number of rotatable bonds is 5. The fraction of sp³-hybridized carbons (Fsp3) is 0.235.